The van der Waals surface area contributed by atoms with Gasteiger partial charge in [-0.3, -0.25) is 0 Å². The second-order valence-electron chi connectivity index (χ2n) is 3.33. The lowest BCUT2D eigenvalue weighted by Gasteiger charge is -2.03. The lowest BCUT2D eigenvalue weighted by Crippen LogP contribution is -1.85. The molecule has 0 spiro atoms. The van der Waals surface area contributed by atoms with Crippen LogP contribution in [0.5, 0.6) is 0 Å². The molecular formula is C12H9ClFN. The molecule has 0 amide bonds. The Morgan fingerprint density at radius 3 is 2.53 bits per heavy atom. The highest BCUT2D eigenvalue weighted by Crippen LogP contribution is 2.23. The third-order valence-corrected chi connectivity index (χ3v) is 2.44. The van der Waals surface area contributed by atoms with E-state index in [1.807, 2.05) is 6.07 Å². The van der Waals surface area contributed by atoms with E-state index in [0.29, 0.717) is 10.7 Å². The minimum Gasteiger partial charge on any atom is -0.245 e. The molecule has 0 unspecified atom stereocenters. The standard InChI is InChI=1S/C12H9ClFN/c1-8-2-3-9(6-11(8)14)10-4-5-15-12(13)7-10/h2-7H,1H3. The summed E-state index contributed by atoms with van der Waals surface area (Å²) in [6.45, 7) is 1.73. The van der Waals surface area contributed by atoms with Crippen molar-refractivity contribution in [2.75, 3.05) is 0 Å². The molecule has 1 aromatic carbocycles. The molecule has 0 aliphatic carbocycles. The first-order valence-corrected chi connectivity index (χ1v) is 4.93. The number of rotatable bonds is 1. The molecule has 15 heavy (non-hydrogen) atoms. The van der Waals surface area contributed by atoms with Crippen molar-refractivity contribution >= 4 is 11.6 Å². The molecule has 0 aliphatic heterocycles. The number of hydrogen-bond acceptors (Lipinski definition) is 1. The maximum absolute atomic E-state index is 13.3. The molecule has 2 aromatic rings. The third kappa shape index (κ3) is 2.16. The van der Waals surface area contributed by atoms with E-state index in [0.717, 1.165) is 11.1 Å². The highest BCUT2D eigenvalue weighted by Gasteiger charge is 2.02. The van der Waals surface area contributed by atoms with E-state index in [1.54, 1.807) is 31.3 Å². The first-order valence-electron chi connectivity index (χ1n) is 4.55. The highest BCUT2D eigenvalue weighted by molar-refractivity contribution is 6.29. The Morgan fingerprint density at radius 1 is 1.13 bits per heavy atom. The smallest absolute Gasteiger partial charge is 0.129 e. The summed E-state index contributed by atoms with van der Waals surface area (Å²) in [5, 5.41) is 0.411. The van der Waals surface area contributed by atoms with Crippen molar-refractivity contribution in [1.82, 2.24) is 4.98 Å². The minimum absolute atomic E-state index is 0.208. The van der Waals surface area contributed by atoms with E-state index in [4.69, 9.17) is 11.6 Å². The molecule has 0 radical (unpaired) electrons. The van der Waals surface area contributed by atoms with Crippen LogP contribution < -0.4 is 0 Å². The van der Waals surface area contributed by atoms with Crippen molar-refractivity contribution in [2.24, 2.45) is 0 Å². The van der Waals surface area contributed by atoms with Crippen LogP contribution in [0.4, 0.5) is 4.39 Å². The Morgan fingerprint density at radius 2 is 1.87 bits per heavy atom. The Hall–Kier alpha value is -1.41. The fourth-order valence-electron chi connectivity index (χ4n) is 1.35. The lowest BCUT2D eigenvalue weighted by atomic mass is 10.1. The molecule has 0 saturated carbocycles. The molecule has 1 aromatic heterocycles. The molecular weight excluding hydrogens is 213 g/mol. The van der Waals surface area contributed by atoms with Gasteiger partial charge in [-0.05, 0) is 41.8 Å². The van der Waals surface area contributed by atoms with Gasteiger partial charge in [0.1, 0.15) is 11.0 Å². The van der Waals surface area contributed by atoms with Gasteiger partial charge in [-0.2, -0.15) is 0 Å². The fraction of sp³-hybridized carbons (Fsp3) is 0.0833. The molecule has 3 heteroatoms. The Balaban J connectivity index is 2.50. The van der Waals surface area contributed by atoms with Crippen molar-refractivity contribution in [1.29, 1.82) is 0 Å². The van der Waals surface area contributed by atoms with Crippen LogP contribution in [0.1, 0.15) is 5.56 Å². The fourth-order valence-corrected chi connectivity index (χ4v) is 1.53. The molecule has 0 N–H and O–H groups in total. The first-order chi connectivity index (χ1) is 7.16. The zero-order valence-electron chi connectivity index (χ0n) is 8.17. The molecule has 0 fully saturated rings. The maximum atomic E-state index is 13.3. The van der Waals surface area contributed by atoms with Crippen LogP contribution in [-0.2, 0) is 0 Å². The third-order valence-electron chi connectivity index (χ3n) is 2.23. The number of aryl methyl sites for hydroxylation is 1. The van der Waals surface area contributed by atoms with E-state index in [-0.39, 0.29) is 5.82 Å². The number of halogens is 2. The summed E-state index contributed by atoms with van der Waals surface area (Å²) < 4.78 is 13.3. The van der Waals surface area contributed by atoms with Crippen molar-refractivity contribution in [3.05, 3.63) is 53.1 Å². The first kappa shape index (κ1) is 10.1. The molecule has 0 saturated heterocycles. The average Bonchev–Trinajstić information content (AvgIpc) is 2.22. The van der Waals surface area contributed by atoms with Crippen LogP contribution in [0.15, 0.2) is 36.5 Å². The van der Waals surface area contributed by atoms with E-state index in [2.05, 4.69) is 4.98 Å². The summed E-state index contributed by atoms with van der Waals surface area (Å²) in [5.41, 5.74) is 2.32. The zero-order valence-corrected chi connectivity index (χ0v) is 8.92. The second-order valence-corrected chi connectivity index (χ2v) is 3.72. The summed E-state index contributed by atoms with van der Waals surface area (Å²) in [4.78, 5) is 3.88. The number of nitrogens with zero attached hydrogens (tertiary/aromatic N) is 1. The number of hydrogen-bond donors (Lipinski definition) is 0. The summed E-state index contributed by atoms with van der Waals surface area (Å²) in [6.07, 6.45) is 1.61. The molecule has 1 heterocycles. The van der Waals surface area contributed by atoms with E-state index in [1.165, 1.54) is 6.07 Å². The Kier molecular flexibility index (Phi) is 2.69. The number of aromatic nitrogens is 1. The van der Waals surface area contributed by atoms with Crippen LogP contribution >= 0.6 is 11.6 Å². The van der Waals surface area contributed by atoms with Gasteiger partial charge >= 0.3 is 0 Å². The summed E-state index contributed by atoms with van der Waals surface area (Å²) in [7, 11) is 0. The van der Waals surface area contributed by atoms with E-state index >= 15 is 0 Å². The zero-order chi connectivity index (χ0) is 10.8. The van der Waals surface area contributed by atoms with Crippen LogP contribution in [-0.4, -0.2) is 4.98 Å². The molecule has 0 atom stereocenters. The van der Waals surface area contributed by atoms with Gasteiger partial charge in [-0.25, -0.2) is 9.37 Å². The monoisotopic (exact) mass is 221 g/mol. The van der Waals surface area contributed by atoms with Gasteiger partial charge in [0.15, 0.2) is 0 Å². The predicted molar refractivity (Wildman–Crippen MR) is 59.4 cm³/mol. The summed E-state index contributed by atoms with van der Waals surface area (Å²) in [5.74, 6) is -0.208. The maximum Gasteiger partial charge on any atom is 0.129 e. The summed E-state index contributed by atoms with van der Waals surface area (Å²) in [6, 6.07) is 8.63. The SMILES string of the molecule is Cc1ccc(-c2ccnc(Cl)c2)cc1F. The van der Waals surface area contributed by atoms with Gasteiger partial charge in [0.25, 0.3) is 0 Å². The van der Waals surface area contributed by atoms with E-state index < -0.39 is 0 Å². The van der Waals surface area contributed by atoms with Gasteiger partial charge in [-0.15, -0.1) is 0 Å². The van der Waals surface area contributed by atoms with Crippen LogP contribution in [0.3, 0.4) is 0 Å². The predicted octanol–water partition coefficient (Wildman–Crippen LogP) is 3.85. The van der Waals surface area contributed by atoms with E-state index in [9.17, 15) is 4.39 Å². The topological polar surface area (TPSA) is 12.9 Å². The van der Waals surface area contributed by atoms with Crippen LogP contribution in [0.25, 0.3) is 11.1 Å². The average molecular weight is 222 g/mol. The van der Waals surface area contributed by atoms with Gasteiger partial charge in [0.2, 0.25) is 0 Å². The van der Waals surface area contributed by atoms with Crippen molar-refractivity contribution in [3.8, 4) is 11.1 Å². The highest BCUT2D eigenvalue weighted by atomic mass is 35.5. The second kappa shape index (κ2) is 3.99. The lowest BCUT2D eigenvalue weighted by molar-refractivity contribution is 0.619. The minimum atomic E-state index is -0.208. The van der Waals surface area contributed by atoms with Crippen LogP contribution in [0, 0.1) is 12.7 Å². The molecule has 0 bridgehead atoms. The molecule has 0 aliphatic rings. The van der Waals surface area contributed by atoms with Gasteiger partial charge < -0.3 is 0 Å². The quantitative estimate of drug-likeness (QED) is 0.667. The summed E-state index contributed by atoms with van der Waals surface area (Å²) >= 11 is 5.76. The molecule has 1 nitrogen and oxygen atoms in total. The molecule has 76 valence electrons. The number of benzene rings is 1. The normalized spacial score (nSPS) is 10.3. The largest absolute Gasteiger partial charge is 0.245 e. The van der Waals surface area contributed by atoms with Gasteiger partial charge in [0.05, 0.1) is 0 Å². The van der Waals surface area contributed by atoms with Crippen molar-refractivity contribution < 1.29 is 4.39 Å². The van der Waals surface area contributed by atoms with Gasteiger partial charge in [0, 0.05) is 6.20 Å². The molecule has 2 rings (SSSR count). The van der Waals surface area contributed by atoms with Crippen LogP contribution in [0.2, 0.25) is 5.15 Å². The Labute approximate surface area is 92.5 Å². The number of pyridine rings is 1. The van der Waals surface area contributed by atoms with Crippen molar-refractivity contribution in [3.63, 3.8) is 0 Å². The van der Waals surface area contributed by atoms with Crippen molar-refractivity contribution in [2.45, 2.75) is 6.92 Å². The Bertz CT molecular complexity index is 497. The van der Waals surface area contributed by atoms with Gasteiger partial charge in [-0.1, -0.05) is 23.7 Å².